The van der Waals surface area contributed by atoms with Gasteiger partial charge in [0.1, 0.15) is 4.88 Å². The number of hydrogen-bond acceptors (Lipinski definition) is 6. The molecule has 0 spiro atoms. The Morgan fingerprint density at radius 2 is 2.04 bits per heavy atom. The van der Waals surface area contributed by atoms with Crippen LogP contribution in [0.1, 0.15) is 50.0 Å². The number of aromatic nitrogens is 1. The SMILES string of the molecule is COC(=O)c1sc(NC(=O)c2ccc(C#N)cc2)nc1C1CC1. The molecule has 1 N–H and O–H groups in total. The van der Waals surface area contributed by atoms with E-state index in [1.165, 1.54) is 7.11 Å². The van der Waals surface area contributed by atoms with Gasteiger partial charge in [-0.3, -0.25) is 10.1 Å². The van der Waals surface area contributed by atoms with Gasteiger partial charge in [0.05, 0.1) is 24.4 Å². The van der Waals surface area contributed by atoms with Crippen molar-refractivity contribution in [2.45, 2.75) is 18.8 Å². The van der Waals surface area contributed by atoms with Gasteiger partial charge in [0.25, 0.3) is 5.91 Å². The molecule has 0 saturated heterocycles. The summed E-state index contributed by atoms with van der Waals surface area (Å²) in [5.74, 6) is -0.480. The average Bonchev–Trinajstić information content (AvgIpc) is 3.35. The lowest BCUT2D eigenvalue weighted by Crippen LogP contribution is -2.11. The van der Waals surface area contributed by atoms with E-state index in [4.69, 9.17) is 10.00 Å². The normalized spacial score (nSPS) is 13.2. The second-order valence-electron chi connectivity index (χ2n) is 5.14. The summed E-state index contributed by atoms with van der Waals surface area (Å²) in [6.07, 6.45) is 1.99. The van der Waals surface area contributed by atoms with Crippen molar-refractivity contribution in [3.05, 3.63) is 46.0 Å². The van der Waals surface area contributed by atoms with E-state index in [1.54, 1.807) is 24.3 Å². The molecule has 0 aliphatic heterocycles. The molecule has 116 valence electrons. The first-order valence-electron chi connectivity index (χ1n) is 7.03. The van der Waals surface area contributed by atoms with Crippen LogP contribution in [-0.4, -0.2) is 24.0 Å². The number of rotatable bonds is 4. The number of benzene rings is 1. The number of amides is 1. The lowest BCUT2D eigenvalue weighted by molar-refractivity contribution is 0.0604. The van der Waals surface area contributed by atoms with Gasteiger partial charge in [-0.1, -0.05) is 11.3 Å². The fourth-order valence-electron chi connectivity index (χ4n) is 2.12. The number of ether oxygens (including phenoxy) is 1. The number of anilines is 1. The number of carbonyl (C=O) groups is 2. The Morgan fingerprint density at radius 1 is 1.35 bits per heavy atom. The molecule has 0 radical (unpaired) electrons. The van der Waals surface area contributed by atoms with Gasteiger partial charge in [0, 0.05) is 11.5 Å². The van der Waals surface area contributed by atoms with Gasteiger partial charge < -0.3 is 4.74 Å². The molecule has 2 aromatic rings. The van der Waals surface area contributed by atoms with Crippen LogP contribution in [0.25, 0.3) is 0 Å². The molecule has 0 unspecified atom stereocenters. The van der Waals surface area contributed by atoms with E-state index in [0.717, 1.165) is 24.2 Å². The van der Waals surface area contributed by atoms with Gasteiger partial charge in [-0.15, -0.1) is 0 Å². The van der Waals surface area contributed by atoms with Crippen LogP contribution in [0.4, 0.5) is 5.13 Å². The summed E-state index contributed by atoms with van der Waals surface area (Å²) in [6, 6.07) is 8.30. The van der Waals surface area contributed by atoms with E-state index in [9.17, 15) is 9.59 Å². The third-order valence-corrected chi connectivity index (χ3v) is 4.45. The standard InChI is InChI=1S/C16H13N3O3S/c1-22-15(21)13-12(10-6-7-10)18-16(23-13)19-14(20)11-4-2-9(8-17)3-5-11/h2-5,10H,6-7H2,1H3,(H,18,19,20). The largest absolute Gasteiger partial charge is 0.465 e. The Balaban J connectivity index is 1.80. The monoisotopic (exact) mass is 327 g/mol. The second-order valence-corrected chi connectivity index (χ2v) is 6.14. The number of nitrogens with one attached hydrogen (secondary N) is 1. The summed E-state index contributed by atoms with van der Waals surface area (Å²) in [6.45, 7) is 0. The van der Waals surface area contributed by atoms with Gasteiger partial charge >= 0.3 is 5.97 Å². The third kappa shape index (κ3) is 3.22. The van der Waals surface area contributed by atoms with Crippen molar-refractivity contribution in [2.24, 2.45) is 0 Å². The Kier molecular flexibility index (Phi) is 4.08. The van der Waals surface area contributed by atoms with Gasteiger partial charge in [0.2, 0.25) is 0 Å². The van der Waals surface area contributed by atoms with Crippen molar-refractivity contribution in [3.63, 3.8) is 0 Å². The molecular formula is C16H13N3O3S. The minimum Gasteiger partial charge on any atom is -0.465 e. The molecule has 0 atom stereocenters. The summed E-state index contributed by atoms with van der Waals surface area (Å²) in [5.41, 5.74) is 1.61. The number of nitriles is 1. The minimum absolute atomic E-state index is 0.279. The molecule has 7 heteroatoms. The van der Waals surface area contributed by atoms with E-state index < -0.39 is 5.97 Å². The fraction of sp³-hybridized carbons (Fsp3) is 0.250. The van der Waals surface area contributed by atoms with E-state index in [1.807, 2.05) is 6.07 Å². The smallest absolute Gasteiger partial charge is 0.350 e. The molecule has 1 fully saturated rings. The molecule has 0 bridgehead atoms. The number of thiazole rings is 1. The molecule has 1 aliphatic rings. The highest BCUT2D eigenvalue weighted by Gasteiger charge is 2.32. The maximum atomic E-state index is 12.2. The van der Waals surface area contributed by atoms with E-state index in [-0.39, 0.29) is 11.8 Å². The highest BCUT2D eigenvalue weighted by molar-refractivity contribution is 7.17. The molecule has 1 heterocycles. The first-order chi connectivity index (χ1) is 11.1. The van der Waals surface area contributed by atoms with Crippen LogP contribution in [0.2, 0.25) is 0 Å². The molecule has 23 heavy (non-hydrogen) atoms. The summed E-state index contributed by atoms with van der Waals surface area (Å²) in [4.78, 5) is 28.8. The van der Waals surface area contributed by atoms with Gasteiger partial charge in [-0.2, -0.15) is 5.26 Å². The van der Waals surface area contributed by atoms with Crippen LogP contribution < -0.4 is 5.32 Å². The molecule has 1 saturated carbocycles. The Hall–Kier alpha value is -2.72. The highest BCUT2D eigenvalue weighted by atomic mass is 32.1. The predicted octanol–water partition coefficient (Wildman–Crippen LogP) is 2.93. The zero-order chi connectivity index (χ0) is 16.4. The van der Waals surface area contributed by atoms with Crippen LogP contribution >= 0.6 is 11.3 Å². The predicted molar refractivity (Wildman–Crippen MR) is 84.5 cm³/mol. The van der Waals surface area contributed by atoms with Gasteiger partial charge in [0.15, 0.2) is 5.13 Å². The van der Waals surface area contributed by atoms with Crippen LogP contribution in [0.3, 0.4) is 0 Å². The Morgan fingerprint density at radius 3 is 2.61 bits per heavy atom. The van der Waals surface area contributed by atoms with Crippen molar-refractivity contribution < 1.29 is 14.3 Å². The lowest BCUT2D eigenvalue weighted by atomic mass is 10.1. The summed E-state index contributed by atoms with van der Waals surface area (Å²) in [7, 11) is 1.33. The fourth-order valence-corrected chi connectivity index (χ4v) is 3.09. The maximum Gasteiger partial charge on any atom is 0.350 e. The molecule has 1 amide bonds. The van der Waals surface area contributed by atoms with Crippen LogP contribution in [0.15, 0.2) is 24.3 Å². The average molecular weight is 327 g/mol. The molecule has 3 rings (SSSR count). The summed E-state index contributed by atoms with van der Waals surface area (Å²) in [5, 5.41) is 11.8. The van der Waals surface area contributed by atoms with Crippen LogP contribution in [0, 0.1) is 11.3 Å². The number of carbonyl (C=O) groups excluding carboxylic acids is 2. The van der Waals surface area contributed by atoms with E-state index in [0.29, 0.717) is 26.8 Å². The summed E-state index contributed by atoms with van der Waals surface area (Å²) >= 11 is 1.12. The molecule has 1 aromatic heterocycles. The quantitative estimate of drug-likeness (QED) is 0.872. The first-order valence-corrected chi connectivity index (χ1v) is 7.84. The maximum absolute atomic E-state index is 12.2. The van der Waals surface area contributed by atoms with E-state index in [2.05, 4.69) is 10.3 Å². The molecule has 1 aromatic carbocycles. The Bertz CT molecular complexity index is 801. The van der Waals surface area contributed by atoms with Crippen molar-refractivity contribution in [3.8, 4) is 6.07 Å². The van der Waals surface area contributed by atoms with Crippen LogP contribution in [0.5, 0.6) is 0 Å². The van der Waals surface area contributed by atoms with Crippen molar-refractivity contribution in [1.82, 2.24) is 4.98 Å². The number of nitrogens with zero attached hydrogens (tertiary/aromatic N) is 2. The molecule has 6 nitrogen and oxygen atoms in total. The highest BCUT2D eigenvalue weighted by Crippen LogP contribution is 2.43. The molecular weight excluding hydrogens is 314 g/mol. The number of hydrogen-bond donors (Lipinski definition) is 1. The minimum atomic E-state index is -0.428. The second kappa shape index (κ2) is 6.18. The number of methoxy groups -OCH3 is 1. The van der Waals surface area contributed by atoms with Crippen molar-refractivity contribution >= 4 is 28.3 Å². The topological polar surface area (TPSA) is 92.1 Å². The van der Waals surface area contributed by atoms with Gasteiger partial charge in [-0.05, 0) is 37.1 Å². The first kappa shape index (κ1) is 15.2. The van der Waals surface area contributed by atoms with Crippen LogP contribution in [-0.2, 0) is 4.74 Å². The summed E-state index contributed by atoms with van der Waals surface area (Å²) < 4.78 is 4.77. The van der Waals surface area contributed by atoms with Crippen molar-refractivity contribution in [2.75, 3.05) is 12.4 Å². The third-order valence-electron chi connectivity index (χ3n) is 3.48. The molecule has 1 aliphatic carbocycles. The zero-order valence-corrected chi connectivity index (χ0v) is 13.1. The van der Waals surface area contributed by atoms with Crippen molar-refractivity contribution in [1.29, 1.82) is 5.26 Å². The number of esters is 1. The van der Waals surface area contributed by atoms with E-state index >= 15 is 0 Å². The lowest BCUT2D eigenvalue weighted by Gasteiger charge is -2.01. The Labute approximate surface area is 136 Å². The van der Waals surface area contributed by atoms with Gasteiger partial charge in [-0.25, -0.2) is 9.78 Å². The zero-order valence-electron chi connectivity index (χ0n) is 12.3.